The van der Waals surface area contributed by atoms with Crippen LogP contribution in [0.2, 0.25) is 0 Å². The lowest BCUT2D eigenvalue weighted by atomic mass is 10.3. The third kappa shape index (κ3) is 7.72. The number of hydrogen-bond donors (Lipinski definition) is 1. The van der Waals surface area contributed by atoms with E-state index in [2.05, 4.69) is 11.0 Å². The van der Waals surface area contributed by atoms with Gasteiger partial charge in [0, 0.05) is 26.6 Å². The van der Waals surface area contributed by atoms with Gasteiger partial charge in [-0.25, -0.2) is 0 Å². The maximum Gasteiger partial charge on any atom is 0.0635 e. The van der Waals surface area contributed by atoms with Crippen molar-refractivity contribution in [2.45, 2.75) is 12.8 Å². The molecule has 0 aliphatic carbocycles. The number of rotatable bonds is 8. The van der Waals surface area contributed by atoms with E-state index in [9.17, 15) is 0 Å². The van der Waals surface area contributed by atoms with Gasteiger partial charge >= 0.3 is 0 Å². The van der Waals surface area contributed by atoms with Crippen LogP contribution in [0.25, 0.3) is 0 Å². The van der Waals surface area contributed by atoms with Gasteiger partial charge in [0.2, 0.25) is 0 Å². The summed E-state index contributed by atoms with van der Waals surface area (Å²) in [5, 5.41) is 8.43. The summed E-state index contributed by atoms with van der Waals surface area (Å²) in [5.41, 5.74) is 5.41. The summed E-state index contributed by atoms with van der Waals surface area (Å²) in [5.74, 6) is 0. The summed E-state index contributed by atoms with van der Waals surface area (Å²) >= 11 is 0. The molecule has 0 heterocycles. The minimum Gasteiger partial charge on any atom is -0.383 e. The Morgan fingerprint density at radius 2 is 2.15 bits per heavy atom. The molecule has 0 aliphatic rings. The Hall–Kier alpha value is -0.630. The summed E-state index contributed by atoms with van der Waals surface area (Å²) in [6.07, 6.45) is 1.56. The molecule has 0 saturated heterocycles. The van der Waals surface area contributed by atoms with Crippen molar-refractivity contribution in [2.75, 3.05) is 39.9 Å². The summed E-state index contributed by atoms with van der Waals surface area (Å²) in [6, 6.07) is 2.14. The molecule has 0 bridgehead atoms. The third-order valence-corrected chi connectivity index (χ3v) is 1.83. The van der Waals surface area contributed by atoms with Gasteiger partial charge in [-0.15, -0.1) is 0 Å². The number of nitrogens with zero attached hydrogens (tertiary/aromatic N) is 2. The number of hydrogen-bond acceptors (Lipinski definition) is 4. The highest BCUT2D eigenvalue weighted by Gasteiger charge is 2.02. The van der Waals surface area contributed by atoms with Crippen LogP contribution in [0.4, 0.5) is 0 Å². The maximum atomic E-state index is 8.43. The second-order valence-electron chi connectivity index (χ2n) is 2.88. The average molecular weight is 185 g/mol. The van der Waals surface area contributed by atoms with E-state index in [0.29, 0.717) is 13.0 Å². The Morgan fingerprint density at radius 3 is 2.69 bits per heavy atom. The van der Waals surface area contributed by atoms with E-state index in [1.807, 2.05) is 0 Å². The quantitative estimate of drug-likeness (QED) is 0.586. The normalized spacial score (nSPS) is 10.3. The van der Waals surface area contributed by atoms with E-state index in [-0.39, 0.29) is 0 Å². The molecule has 2 N–H and O–H groups in total. The Morgan fingerprint density at radius 1 is 1.38 bits per heavy atom. The van der Waals surface area contributed by atoms with E-state index in [1.54, 1.807) is 7.11 Å². The number of nitriles is 1. The van der Waals surface area contributed by atoms with Gasteiger partial charge in [-0.1, -0.05) is 0 Å². The standard InChI is InChI=1S/C9H19N3O/c1-13-9-8-12(6-2-4-10)7-3-5-11/h2-4,6-10H2,1H3. The van der Waals surface area contributed by atoms with Gasteiger partial charge < -0.3 is 10.5 Å². The van der Waals surface area contributed by atoms with Crippen LogP contribution in [0.3, 0.4) is 0 Å². The molecule has 0 amide bonds. The fourth-order valence-corrected chi connectivity index (χ4v) is 1.08. The SMILES string of the molecule is COCCN(CCC#N)CCCN. The molecular weight excluding hydrogens is 166 g/mol. The minimum absolute atomic E-state index is 0.578. The lowest BCUT2D eigenvalue weighted by molar-refractivity contribution is 0.148. The predicted octanol–water partition coefficient (Wildman–Crippen LogP) is 0.197. The zero-order valence-electron chi connectivity index (χ0n) is 8.33. The molecule has 0 atom stereocenters. The highest BCUT2D eigenvalue weighted by Crippen LogP contribution is 1.93. The van der Waals surface area contributed by atoms with Gasteiger partial charge in [0.15, 0.2) is 0 Å². The number of methoxy groups -OCH3 is 1. The molecule has 0 aliphatic heterocycles. The molecule has 0 rings (SSSR count). The maximum absolute atomic E-state index is 8.43. The van der Waals surface area contributed by atoms with Crippen LogP contribution in [0.1, 0.15) is 12.8 Å². The van der Waals surface area contributed by atoms with Crippen molar-refractivity contribution in [3.8, 4) is 6.07 Å². The van der Waals surface area contributed by atoms with Crippen molar-refractivity contribution in [1.82, 2.24) is 4.90 Å². The summed E-state index contributed by atoms with van der Waals surface area (Å²) in [4.78, 5) is 2.21. The van der Waals surface area contributed by atoms with Crippen molar-refractivity contribution in [2.24, 2.45) is 5.73 Å². The van der Waals surface area contributed by atoms with E-state index in [1.165, 1.54) is 0 Å². The lowest BCUT2D eigenvalue weighted by Gasteiger charge is -2.19. The highest BCUT2D eigenvalue weighted by atomic mass is 16.5. The fourth-order valence-electron chi connectivity index (χ4n) is 1.08. The largest absolute Gasteiger partial charge is 0.383 e. The molecule has 0 aromatic rings. The zero-order valence-corrected chi connectivity index (χ0v) is 8.33. The average Bonchev–Trinajstić information content (AvgIpc) is 2.17. The molecule has 0 aromatic heterocycles. The third-order valence-electron chi connectivity index (χ3n) is 1.83. The highest BCUT2D eigenvalue weighted by molar-refractivity contribution is 4.72. The summed E-state index contributed by atoms with van der Waals surface area (Å²) < 4.78 is 4.98. The van der Waals surface area contributed by atoms with Crippen LogP contribution in [0.15, 0.2) is 0 Å². The second-order valence-corrected chi connectivity index (χ2v) is 2.88. The molecule has 4 nitrogen and oxygen atoms in total. The molecule has 0 unspecified atom stereocenters. The van der Waals surface area contributed by atoms with Crippen molar-refractivity contribution < 1.29 is 4.74 Å². The Labute approximate surface area is 80.3 Å². The molecule has 4 heteroatoms. The Bertz CT molecular complexity index is 136. The summed E-state index contributed by atoms with van der Waals surface area (Å²) in [6.45, 7) is 4.09. The molecule has 0 radical (unpaired) electrons. The van der Waals surface area contributed by atoms with Gasteiger partial charge in [0.25, 0.3) is 0 Å². The predicted molar refractivity (Wildman–Crippen MR) is 52.2 cm³/mol. The van der Waals surface area contributed by atoms with Crippen molar-refractivity contribution >= 4 is 0 Å². The monoisotopic (exact) mass is 185 g/mol. The van der Waals surface area contributed by atoms with Crippen LogP contribution in [0.5, 0.6) is 0 Å². The minimum atomic E-state index is 0.578. The molecule has 0 aromatic carbocycles. The van der Waals surface area contributed by atoms with Crippen LogP contribution in [0, 0.1) is 11.3 Å². The van der Waals surface area contributed by atoms with Crippen LogP contribution in [-0.2, 0) is 4.74 Å². The molecule has 13 heavy (non-hydrogen) atoms. The van der Waals surface area contributed by atoms with Gasteiger partial charge in [-0.05, 0) is 19.5 Å². The first-order valence-electron chi connectivity index (χ1n) is 4.63. The zero-order chi connectivity index (χ0) is 9.94. The van der Waals surface area contributed by atoms with Gasteiger partial charge in [0.05, 0.1) is 12.7 Å². The first-order valence-corrected chi connectivity index (χ1v) is 4.63. The van der Waals surface area contributed by atoms with Crippen molar-refractivity contribution in [1.29, 1.82) is 5.26 Å². The Balaban J connectivity index is 3.54. The molecule has 0 spiro atoms. The van der Waals surface area contributed by atoms with Crippen LogP contribution < -0.4 is 5.73 Å². The second kappa shape index (κ2) is 9.46. The number of nitrogens with two attached hydrogens (primary N) is 1. The van der Waals surface area contributed by atoms with Crippen LogP contribution in [-0.4, -0.2) is 44.8 Å². The van der Waals surface area contributed by atoms with E-state index >= 15 is 0 Å². The first-order chi connectivity index (χ1) is 6.35. The van der Waals surface area contributed by atoms with Crippen LogP contribution >= 0.6 is 0 Å². The van der Waals surface area contributed by atoms with Gasteiger partial charge in [0.1, 0.15) is 0 Å². The molecule has 0 saturated carbocycles. The van der Waals surface area contributed by atoms with Gasteiger partial charge in [-0.2, -0.15) is 5.26 Å². The fraction of sp³-hybridized carbons (Fsp3) is 0.889. The lowest BCUT2D eigenvalue weighted by Crippen LogP contribution is -2.30. The van der Waals surface area contributed by atoms with E-state index in [4.69, 9.17) is 15.7 Å². The van der Waals surface area contributed by atoms with E-state index < -0.39 is 0 Å². The van der Waals surface area contributed by atoms with Crippen molar-refractivity contribution in [3.63, 3.8) is 0 Å². The van der Waals surface area contributed by atoms with E-state index in [0.717, 1.165) is 32.7 Å². The Kier molecular flexibility index (Phi) is 9.00. The topological polar surface area (TPSA) is 62.3 Å². The molecule has 0 fully saturated rings. The van der Waals surface area contributed by atoms with Crippen molar-refractivity contribution in [3.05, 3.63) is 0 Å². The summed E-state index contributed by atoms with van der Waals surface area (Å²) in [7, 11) is 1.69. The molecule has 76 valence electrons. The smallest absolute Gasteiger partial charge is 0.0635 e. The molecular formula is C9H19N3O. The first kappa shape index (κ1) is 12.4. The van der Waals surface area contributed by atoms with Gasteiger partial charge in [-0.3, -0.25) is 4.90 Å². The number of ether oxygens (including phenoxy) is 1.